The van der Waals surface area contributed by atoms with Gasteiger partial charge < -0.3 is 14.6 Å². The van der Waals surface area contributed by atoms with Gasteiger partial charge in [-0.2, -0.15) is 0 Å². The van der Waals surface area contributed by atoms with Crippen molar-refractivity contribution in [1.29, 1.82) is 0 Å². The van der Waals surface area contributed by atoms with Gasteiger partial charge in [-0.25, -0.2) is 0 Å². The molecule has 0 aromatic heterocycles. The molecule has 1 atom stereocenters. The van der Waals surface area contributed by atoms with Gasteiger partial charge in [-0.15, -0.1) is 5.92 Å². The minimum Gasteiger partial charge on any atom is -0.481 e. The molecule has 0 aromatic rings. The second-order valence-corrected chi connectivity index (χ2v) is 4.42. The lowest BCUT2D eigenvalue weighted by Crippen LogP contribution is -2.22. The zero-order valence-corrected chi connectivity index (χ0v) is 10.8. The van der Waals surface area contributed by atoms with Gasteiger partial charge in [-0.05, 0) is 32.1 Å². The van der Waals surface area contributed by atoms with Gasteiger partial charge in [0.15, 0.2) is 6.29 Å². The molecule has 0 amide bonds. The van der Waals surface area contributed by atoms with Gasteiger partial charge in [-0.1, -0.05) is 12.3 Å². The van der Waals surface area contributed by atoms with E-state index in [1.165, 1.54) is 6.42 Å². The molecule has 0 bridgehead atoms. The summed E-state index contributed by atoms with van der Waals surface area (Å²) in [5, 5.41) is 8.45. The quantitative estimate of drug-likeness (QED) is 0.560. The van der Waals surface area contributed by atoms with E-state index >= 15 is 0 Å². The largest absolute Gasteiger partial charge is 0.481 e. The lowest BCUT2D eigenvalue weighted by molar-refractivity contribution is -0.154. The maximum absolute atomic E-state index is 10.3. The highest BCUT2D eigenvalue weighted by molar-refractivity contribution is 5.66. The van der Waals surface area contributed by atoms with E-state index in [9.17, 15) is 4.79 Å². The molecule has 1 N–H and O–H groups in total. The highest BCUT2D eigenvalue weighted by Crippen LogP contribution is 2.13. The van der Waals surface area contributed by atoms with E-state index in [0.717, 1.165) is 45.1 Å². The summed E-state index contributed by atoms with van der Waals surface area (Å²) in [6.45, 7) is 1.22. The molecule has 4 heteroatoms. The van der Waals surface area contributed by atoms with Crippen molar-refractivity contribution in [1.82, 2.24) is 0 Å². The fraction of sp³-hybridized carbons (Fsp3) is 0.786. The molecule has 1 heterocycles. The van der Waals surface area contributed by atoms with Crippen LogP contribution >= 0.6 is 0 Å². The first kappa shape index (κ1) is 15.0. The maximum atomic E-state index is 10.3. The second-order valence-electron chi connectivity index (χ2n) is 4.42. The van der Waals surface area contributed by atoms with Gasteiger partial charge in [-0.3, -0.25) is 4.79 Å². The van der Waals surface area contributed by atoms with Crippen molar-refractivity contribution < 1.29 is 19.4 Å². The highest BCUT2D eigenvalue weighted by atomic mass is 16.7. The van der Waals surface area contributed by atoms with Crippen molar-refractivity contribution in [3.63, 3.8) is 0 Å². The predicted octanol–water partition coefficient (Wildman–Crippen LogP) is 2.57. The number of carboxylic acids is 1. The van der Waals surface area contributed by atoms with Crippen LogP contribution in [0.2, 0.25) is 0 Å². The number of ether oxygens (including phenoxy) is 2. The average Bonchev–Trinajstić information content (AvgIpc) is 2.37. The third kappa shape index (κ3) is 8.10. The van der Waals surface area contributed by atoms with Crippen molar-refractivity contribution in [3.05, 3.63) is 0 Å². The van der Waals surface area contributed by atoms with Crippen LogP contribution in [0.3, 0.4) is 0 Å². The van der Waals surface area contributed by atoms with Gasteiger partial charge >= 0.3 is 5.97 Å². The van der Waals surface area contributed by atoms with Crippen LogP contribution < -0.4 is 0 Å². The minimum atomic E-state index is -0.720. The van der Waals surface area contributed by atoms with Gasteiger partial charge in [0.25, 0.3) is 0 Å². The van der Waals surface area contributed by atoms with E-state index in [4.69, 9.17) is 14.6 Å². The Labute approximate surface area is 109 Å². The summed E-state index contributed by atoms with van der Waals surface area (Å²) in [4.78, 5) is 10.3. The van der Waals surface area contributed by atoms with Gasteiger partial charge in [0, 0.05) is 19.4 Å². The fourth-order valence-corrected chi connectivity index (χ4v) is 1.78. The molecule has 0 spiro atoms. The van der Waals surface area contributed by atoms with Crippen LogP contribution in [0.5, 0.6) is 0 Å². The lowest BCUT2D eigenvalue weighted by atomic mass is 10.1. The summed E-state index contributed by atoms with van der Waals surface area (Å²) in [5.41, 5.74) is 0. The molecule has 1 aliphatic heterocycles. The molecule has 1 saturated heterocycles. The molecular weight excluding hydrogens is 232 g/mol. The third-order valence-corrected chi connectivity index (χ3v) is 2.80. The van der Waals surface area contributed by atoms with Crippen molar-refractivity contribution in [2.24, 2.45) is 0 Å². The zero-order chi connectivity index (χ0) is 13.1. The molecule has 18 heavy (non-hydrogen) atoms. The summed E-state index contributed by atoms with van der Waals surface area (Å²) >= 11 is 0. The van der Waals surface area contributed by atoms with E-state index in [1.54, 1.807) is 0 Å². The summed E-state index contributed by atoms with van der Waals surface area (Å²) in [6, 6.07) is 0. The number of hydrogen-bond acceptors (Lipinski definition) is 3. The van der Waals surface area contributed by atoms with Crippen LogP contribution in [0.25, 0.3) is 0 Å². The van der Waals surface area contributed by atoms with E-state index in [-0.39, 0.29) is 12.7 Å². The van der Waals surface area contributed by atoms with Gasteiger partial charge in [0.2, 0.25) is 0 Å². The molecule has 1 rings (SSSR count). The standard InChI is InChI=1S/C14H22O4/c15-13(16)9-5-3-1-2-4-7-11-17-14-10-6-8-12-18-14/h14H,1-3,5-6,8-12H2,(H,15,16)/t14-/m1/s1. The Hall–Kier alpha value is -1.05. The Morgan fingerprint density at radius 2 is 2.17 bits per heavy atom. The first-order valence-corrected chi connectivity index (χ1v) is 6.70. The van der Waals surface area contributed by atoms with Crippen LogP contribution in [-0.4, -0.2) is 30.6 Å². The Morgan fingerprint density at radius 1 is 1.28 bits per heavy atom. The Kier molecular flexibility index (Phi) is 8.28. The van der Waals surface area contributed by atoms with Crippen LogP contribution in [0.15, 0.2) is 0 Å². The SMILES string of the molecule is O=C(O)CCCCCC#CCO[C@H]1CCCCO1. The number of unbranched alkanes of at least 4 members (excludes halogenated alkanes) is 3. The topological polar surface area (TPSA) is 55.8 Å². The average molecular weight is 254 g/mol. The molecular formula is C14H22O4. The van der Waals surface area contributed by atoms with Gasteiger partial charge in [0.1, 0.15) is 6.61 Å². The maximum Gasteiger partial charge on any atom is 0.303 e. The van der Waals surface area contributed by atoms with Crippen molar-refractivity contribution in [2.75, 3.05) is 13.2 Å². The van der Waals surface area contributed by atoms with Crippen molar-refractivity contribution in [3.8, 4) is 11.8 Å². The number of carbonyl (C=O) groups is 1. The van der Waals surface area contributed by atoms with E-state index in [1.807, 2.05) is 0 Å². The molecule has 4 nitrogen and oxygen atoms in total. The minimum absolute atomic E-state index is 0.0661. The molecule has 0 saturated carbocycles. The predicted molar refractivity (Wildman–Crippen MR) is 68.0 cm³/mol. The van der Waals surface area contributed by atoms with E-state index in [0.29, 0.717) is 6.61 Å². The smallest absolute Gasteiger partial charge is 0.303 e. The van der Waals surface area contributed by atoms with Crippen LogP contribution in [0, 0.1) is 11.8 Å². The second kappa shape index (κ2) is 9.93. The van der Waals surface area contributed by atoms with E-state index in [2.05, 4.69) is 11.8 Å². The molecule has 0 radical (unpaired) electrons. The van der Waals surface area contributed by atoms with Crippen molar-refractivity contribution in [2.45, 2.75) is 57.7 Å². The van der Waals surface area contributed by atoms with Crippen LogP contribution in [-0.2, 0) is 14.3 Å². The zero-order valence-electron chi connectivity index (χ0n) is 10.8. The Balaban J connectivity index is 1.89. The molecule has 1 aliphatic rings. The molecule has 0 aliphatic carbocycles. The Bertz CT molecular complexity index is 284. The highest BCUT2D eigenvalue weighted by Gasteiger charge is 2.12. The number of hydrogen-bond donors (Lipinski definition) is 1. The van der Waals surface area contributed by atoms with Crippen LogP contribution in [0.1, 0.15) is 51.4 Å². The molecule has 102 valence electrons. The number of aliphatic carboxylic acids is 1. The normalized spacial score (nSPS) is 19.0. The first-order chi connectivity index (χ1) is 8.79. The molecule has 0 aromatic carbocycles. The number of rotatable bonds is 7. The summed E-state index contributed by atoms with van der Waals surface area (Å²) in [6.07, 6.45) is 6.89. The summed E-state index contributed by atoms with van der Waals surface area (Å²) < 4.78 is 10.9. The van der Waals surface area contributed by atoms with Crippen LogP contribution in [0.4, 0.5) is 0 Å². The Morgan fingerprint density at radius 3 is 2.89 bits per heavy atom. The fourth-order valence-electron chi connectivity index (χ4n) is 1.78. The first-order valence-electron chi connectivity index (χ1n) is 6.70. The monoisotopic (exact) mass is 254 g/mol. The third-order valence-electron chi connectivity index (χ3n) is 2.80. The van der Waals surface area contributed by atoms with E-state index < -0.39 is 5.97 Å². The van der Waals surface area contributed by atoms with Crippen molar-refractivity contribution >= 4 is 5.97 Å². The summed E-state index contributed by atoms with van der Waals surface area (Å²) in [7, 11) is 0. The summed E-state index contributed by atoms with van der Waals surface area (Å²) in [5.74, 6) is 5.28. The van der Waals surface area contributed by atoms with Gasteiger partial charge in [0.05, 0.1) is 0 Å². The molecule has 0 unspecified atom stereocenters. The lowest BCUT2D eigenvalue weighted by Gasteiger charge is -2.21. The number of carboxylic acid groups (broad SMARTS) is 1. The molecule has 1 fully saturated rings.